The van der Waals surface area contributed by atoms with Crippen LogP contribution in [0.3, 0.4) is 0 Å². The molecule has 0 fully saturated rings. The molecule has 12 heteroatoms. The molecule has 0 spiro atoms. The lowest BCUT2D eigenvalue weighted by Gasteiger charge is -2.15. The van der Waals surface area contributed by atoms with E-state index in [1.54, 1.807) is 32.9 Å². The Morgan fingerprint density at radius 3 is 2.27 bits per heavy atom. The number of halogens is 4. The molecule has 0 saturated carbocycles. The van der Waals surface area contributed by atoms with Gasteiger partial charge in [-0.3, -0.25) is 23.5 Å². The minimum Gasteiger partial charge on any atom is -0.352 e. The maximum atomic E-state index is 13.7. The smallest absolute Gasteiger partial charge is 0.352 e. The fraction of sp³-hybridized carbons (Fsp3) is 0.360. The number of rotatable bonds is 8. The first-order valence-electron chi connectivity index (χ1n) is 11.6. The summed E-state index contributed by atoms with van der Waals surface area (Å²) in [6.07, 6.45) is -4.89. The van der Waals surface area contributed by atoms with Crippen LogP contribution in [0.5, 0.6) is 0 Å². The molecular weight excluding hydrogens is 496 g/mol. The Balaban J connectivity index is 1.64. The third-order valence-corrected chi connectivity index (χ3v) is 5.82. The Labute approximate surface area is 208 Å². The summed E-state index contributed by atoms with van der Waals surface area (Å²) in [5.74, 6) is -3.10. The number of nitrogens with one attached hydrogen (secondary N) is 2. The summed E-state index contributed by atoms with van der Waals surface area (Å²) in [6.45, 7) is 5.73. The van der Waals surface area contributed by atoms with Gasteiger partial charge >= 0.3 is 11.9 Å². The third-order valence-electron chi connectivity index (χ3n) is 5.82. The van der Waals surface area contributed by atoms with Crippen molar-refractivity contribution in [2.24, 2.45) is 5.92 Å². The number of hydrogen-bond donors (Lipinski definition) is 2. The van der Waals surface area contributed by atoms with Crippen LogP contribution in [0.25, 0.3) is 10.9 Å². The predicted octanol–water partition coefficient (Wildman–Crippen LogP) is 3.76. The summed E-state index contributed by atoms with van der Waals surface area (Å²) in [6, 6.07) is 6.55. The molecule has 0 aliphatic rings. The molecule has 0 aliphatic heterocycles. The van der Waals surface area contributed by atoms with Gasteiger partial charge in [0, 0.05) is 37.3 Å². The number of carbonyl (C=O) groups excluding carboxylic acids is 2. The molecule has 0 radical (unpaired) electrons. The van der Waals surface area contributed by atoms with Gasteiger partial charge < -0.3 is 10.6 Å². The van der Waals surface area contributed by atoms with E-state index in [0.717, 1.165) is 10.6 Å². The molecule has 1 heterocycles. The highest BCUT2D eigenvalue weighted by Crippen LogP contribution is 2.31. The topological polar surface area (TPSA) is 102 Å². The quantitative estimate of drug-likeness (QED) is 0.440. The highest BCUT2D eigenvalue weighted by molar-refractivity contribution is 5.95. The molecule has 3 rings (SSSR count). The van der Waals surface area contributed by atoms with Crippen LogP contribution in [0.2, 0.25) is 0 Å². The standard InChI is InChI=1S/C25H26F4N4O4/c1-4-32-20-9-7-16(12-17(20)23(36)33(5-2)24(32)37)31-21(34)10-14(3)13-30-22(35)15-6-8-18(19(26)11-15)25(27,28)29/h6-9,11-12,14H,4-5,10,13H2,1-3H3,(H,30,35)(H,31,34). The van der Waals surface area contributed by atoms with E-state index in [4.69, 9.17) is 0 Å². The number of nitrogens with zero attached hydrogens (tertiary/aromatic N) is 2. The number of aromatic nitrogens is 2. The normalized spacial score (nSPS) is 12.4. The second-order valence-electron chi connectivity index (χ2n) is 8.57. The number of fused-ring (bicyclic) bond motifs is 1. The van der Waals surface area contributed by atoms with Crippen LogP contribution in [0.1, 0.15) is 43.1 Å². The minimum atomic E-state index is -4.87. The first-order chi connectivity index (χ1) is 17.4. The Morgan fingerprint density at radius 1 is 1.00 bits per heavy atom. The van der Waals surface area contributed by atoms with E-state index in [-0.39, 0.29) is 36.4 Å². The molecule has 1 atom stereocenters. The lowest BCUT2D eigenvalue weighted by Crippen LogP contribution is -2.39. The van der Waals surface area contributed by atoms with Crippen LogP contribution in [0, 0.1) is 11.7 Å². The maximum Gasteiger partial charge on any atom is 0.419 e. The van der Waals surface area contributed by atoms with Crippen molar-refractivity contribution >= 4 is 28.4 Å². The second-order valence-corrected chi connectivity index (χ2v) is 8.57. The average Bonchev–Trinajstić information content (AvgIpc) is 2.82. The van der Waals surface area contributed by atoms with Gasteiger partial charge in [-0.25, -0.2) is 9.18 Å². The zero-order chi connectivity index (χ0) is 27.5. The molecule has 2 N–H and O–H groups in total. The first kappa shape index (κ1) is 27.6. The molecular formula is C25H26F4N4O4. The van der Waals surface area contributed by atoms with E-state index in [2.05, 4.69) is 10.6 Å². The van der Waals surface area contributed by atoms with Crippen molar-refractivity contribution in [1.29, 1.82) is 0 Å². The van der Waals surface area contributed by atoms with Gasteiger partial charge in [-0.1, -0.05) is 6.92 Å². The van der Waals surface area contributed by atoms with Crippen molar-refractivity contribution in [2.45, 2.75) is 46.5 Å². The molecule has 8 nitrogen and oxygen atoms in total. The van der Waals surface area contributed by atoms with Crippen molar-refractivity contribution in [3.8, 4) is 0 Å². The van der Waals surface area contributed by atoms with E-state index >= 15 is 0 Å². The number of alkyl halides is 3. The molecule has 198 valence electrons. The van der Waals surface area contributed by atoms with E-state index in [9.17, 15) is 36.7 Å². The summed E-state index contributed by atoms with van der Waals surface area (Å²) in [5.41, 5.74) is -1.80. The zero-order valence-electron chi connectivity index (χ0n) is 20.4. The van der Waals surface area contributed by atoms with Gasteiger partial charge in [-0.2, -0.15) is 13.2 Å². The van der Waals surface area contributed by atoms with E-state index in [1.165, 1.54) is 10.6 Å². The third kappa shape index (κ3) is 6.07. The fourth-order valence-electron chi connectivity index (χ4n) is 3.94. The zero-order valence-corrected chi connectivity index (χ0v) is 20.4. The first-order valence-corrected chi connectivity index (χ1v) is 11.6. The van der Waals surface area contributed by atoms with Crippen LogP contribution in [-0.2, 0) is 24.1 Å². The monoisotopic (exact) mass is 522 g/mol. The van der Waals surface area contributed by atoms with Gasteiger partial charge in [0.1, 0.15) is 5.82 Å². The molecule has 2 aromatic carbocycles. The van der Waals surface area contributed by atoms with Crippen LogP contribution in [0.4, 0.5) is 23.2 Å². The molecule has 0 saturated heterocycles. The SMILES string of the molecule is CCn1c(=O)c2cc(NC(=O)CC(C)CNC(=O)c3ccc(C(F)(F)F)c(F)c3)ccc2n(CC)c1=O. The van der Waals surface area contributed by atoms with Gasteiger partial charge in [0.15, 0.2) is 0 Å². The molecule has 2 amide bonds. The molecule has 3 aromatic rings. The van der Waals surface area contributed by atoms with Gasteiger partial charge in [-0.05, 0) is 56.2 Å². The Hall–Kier alpha value is -3.96. The molecule has 1 unspecified atom stereocenters. The highest BCUT2D eigenvalue weighted by Gasteiger charge is 2.34. The van der Waals surface area contributed by atoms with Crippen molar-refractivity contribution in [2.75, 3.05) is 11.9 Å². The summed E-state index contributed by atoms with van der Waals surface area (Å²) in [7, 11) is 0. The molecule has 37 heavy (non-hydrogen) atoms. The fourth-order valence-corrected chi connectivity index (χ4v) is 3.94. The Bertz CT molecular complexity index is 1460. The Kier molecular flexibility index (Phi) is 8.19. The van der Waals surface area contributed by atoms with Gasteiger partial charge in [0.05, 0.1) is 16.5 Å². The largest absolute Gasteiger partial charge is 0.419 e. The summed E-state index contributed by atoms with van der Waals surface area (Å²) in [4.78, 5) is 49.9. The summed E-state index contributed by atoms with van der Waals surface area (Å²) in [5, 5.41) is 5.44. The van der Waals surface area contributed by atoms with Crippen molar-refractivity contribution in [3.63, 3.8) is 0 Å². The highest BCUT2D eigenvalue weighted by atomic mass is 19.4. The number of benzene rings is 2. The van der Waals surface area contributed by atoms with E-state index < -0.39 is 40.6 Å². The molecule has 0 bridgehead atoms. The van der Waals surface area contributed by atoms with Crippen molar-refractivity contribution in [1.82, 2.24) is 14.5 Å². The maximum absolute atomic E-state index is 13.7. The van der Waals surface area contributed by atoms with E-state index in [1.807, 2.05) is 0 Å². The lowest BCUT2D eigenvalue weighted by atomic mass is 10.1. The Morgan fingerprint density at radius 2 is 1.68 bits per heavy atom. The summed E-state index contributed by atoms with van der Waals surface area (Å²) >= 11 is 0. The number of carbonyl (C=O) groups is 2. The van der Waals surface area contributed by atoms with Crippen molar-refractivity contribution < 1.29 is 27.2 Å². The number of amides is 2. The lowest BCUT2D eigenvalue weighted by molar-refractivity contribution is -0.140. The number of aryl methyl sites for hydroxylation is 1. The van der Waals surface area contributed by atoms with Gasteiger partial charge in [0.2, 0.25) is 5.91 Å². The number of hydrogen-bond acceptors (Lipinski definition) is 4. The molecule has 1 aromatic heterocycles. The average molecular weight is 522 g/mol. The summed E-state index contributed by atoms with van der Waals surface area (Å²) < 4.78 is 54.4. The van der Waals surface area contributed by atoms with Gasteiger partial charge in [-0.15, -0.1) is 0 Å². The number of anilines is 1. The second kappa shape index (κ2) is 11.0. The van der Waals surface area contributed by atoms with Crippen LogP contribution >= 0.6 is 0 Å². The predicted molar refractivity (Wildman–Crippen MR) is 130 cm³/mol. The van der Waals surface area contributed by atoms with Crippen LogP contribution < -0.4 is 21.9 Å². The molecule has 0 aliphatic carbocycles. The van der Waals surface area contributed by atoms with E-state index in [0.29, 0.717) is 29.9 Å². The van der Waals surface area contributed by atoms with Crippen LogP contribution in [-0.4, -0.2) is 27.5 Å². The minimum absolute atomic E-state index is 0.0105. The van der Waals surface area contributed by atoms with Crippen LogP contribution in [0.15, 0.2) is 46.0 Å². The van der Waals surface area contributed by atoms with Crippen molar-refractivity contribution in [3.05, 3.63) is 74.2 Å². The van der Waals surface area contributed by atoms with Gasteiger partial charge in [0.25, 0.3) is 11.5 Å².